The molecule has 4 nitrogen and oxygen atoms in total. The average molecular weight is 404 g/mol. The molecule has 2 N–H and O–H groups in total. The predicted molar refractivity (Wildman–Crippen MR) is 112 cm³/mol. The van der Waals surface area contributed by atoms with E-state index in [9.17, 15) is 8.42 Å². The van der Waals surface area contributed by atoms with Gasteiger partial charge in [-0.25, -0.2) is 8.42 Å². The molecule has 144 valence electrons. The number of hydrogen-bond donors (Lipinski definition) is 1. The number of nitrogens with two attached hydrogens (primary N) is 1. The van der Waals surface area contributed by atoms with Gasteiger partial charge in [-0.1, -0.05) is 61.6 Å². The molecule has 0 radical (unpaired) electrons. The third-order valence-electron chi connectivity index (χ3n) is 5.41. The summed E-state index contributed by atoms with van der Waals surface area (Å²) in [5.41, 5.74) is 7.36. The molecule has 0 aromatic heterocycles. The van der Waals surface area contributed by atoms with Crippen LogP contribution in [0.4, 0.5) is 0 Å². The van der Waals surface area contributed by atoms with Gasteiger partial charge in [0, 0.05) is 12.5 Å². The molecule has 27 heavy (non-hydrogen) atoms. The second-order valence-corrected chi connectivity index (χ2v) is 9.40. The molecule has 3 atom stereocenters. The Balaban J connectivity index is 2.08. The maximum atomic E-state index is 13.4. The number of ether oxygens (including phenoxy) is 1. The van der Waals surface area contributed by atoms with Crippen LogP contribution in [-0.4, -0.2) is 31.9 Å². The quantitative estimate of drug-likeness (QED) is 0.683. The van der Waals surface area contributed by atoms with E-state index < -0.39 is 20.5 Å². The molecule has 1 saturated carbocycles. The highest BCUT2D eigenvalue weighted by Gasteiger charge is 2.73. The fourth-order valence-electron chi connectivity index (χ4n) is 3.86. The molecule has 0 aliphatic heterocycles. The number of thiocarbonyl (C=S) groups is 1. The molecule has 0 spiro atoms. The number of hydrogen-bond acceptors (Lipinski definition) is 4. The van der Waals surface area contributed by atoms with E-state index in [4.69, 9.17) is 22.7 Å². The minimum Gasteiger partial charge on any atom is -0.393 e. The molecule has 6 heteroatoms. The molecule has 0 heterocycles. The first kappa shape index (κ1) is 20.0. The maximum absolute atomic E-state index is 13.4. The summed E-state index contributed by atoms with van der Waals surface area (Å²) in [6.45, 7) is 4.64. The highest BCUT2D eigenvalue weighted by Crippen LogP contribution is 2.64. The van der Waals surface area contributed by atoms with Gasteiger partial charge in [0.05, 0.1) is 27.2 Å². The smallest absolute Gasteiger partial charge is 0.182 e. The van der Waals surface area contributed by atoms with Crippen molar-refractivity contribution in [3.8, 4) is 0 Å². The normalized spacial score (nSPS) is 24.5. The average Bonchev–Trinajstić information content (AvgIpc) is 3.38. The van der Waals surface area contributed by atoms with Crippen LogP contribution in [0.2, 0.25) is 0 Å². The van der Waals surface area contributed by atoms with Crippen molar-refractivity contribution < 1.29 is 13.2 Å². The standard InChI is InChI=1S/C21H25NO3S2/c1-3-15-10-12-16(13-11-15)18-19(21(18,20(22)26)14-25-4-2)27(23,24)17-8-6-5-7-9-17/h5-13,18-19H,3-4,14H2,1-2H3,(H2,22,26)/t18-,19-,21-/m0/s1. The summed E-state index contributed by atoms with van der Waals surface area (Å²) in [6.07, 6.45) is 0.927. The molecule has 0 bridgehead atoms. The topological polar surface area (TPSA) is 69.4 Å². The van der Waals surface area contributed by atoms with Crippen LogP contribution >= 0.6 is 12.2 Å². The largest absolute Gasteiger partial charge is 0.393 e. The van der Waals surface area contributed by atoms with Gasteiger partial charge in [0.2, 0.25) is 0 Å². The molecule has 2 aromatic carbocycles. The zero-order valence-corrected chi connectivity index (χ0v) is 17.2. The first-order chi connectivity index (χ1) is 12.9. The van der Waals surface area contributed by atoms with Crippen LogP contribution < -0.4 is 5.73 Å². The second kappa shape index (κ2) is 7.70. The summed E-state index contributed by atoms with van der Waals surface area (Å²) in [5.74, 6) is -0.308. The van der Waals surface area contributed by atoms with E-state index in [0.717, 1.165) is 12.0 Å². The van der Waals surface area contributed by atoms with E-state index >= 15 is 0 Å². The number of benzene rings is 2. The van der Waals surface area contributed by atoms with Gasteiger partial charge in [0.15, 0.2) is 9.84 Å². The molecule has 3 rings (SSSR count). The van der Waals surface area contributed by atoms with Crippen molar-refractivity contribution in [1.82, 2.24) is 0 Å². The number of sulfone groups is 1. The maximum Gasteiger partial charge on any atom is 0.182 e. The van der Waals surface area contributed by atoms with Gasteiger partial charge in [-0.05, 0) is 36.6 Å². The lowest BCUT2D eigenvalue weighted by molar-refractivity contribution is 0.121. The van der Waals surface area contributed by atoms with E-state index in [1.54, 1.807) is 30.3 Å². The van der Waals surface area contributed by atoms with E-state index in [-0.39, 0.29) is 17.5 Å². The van der Waals surface area contributed by atoms with Gasteiger partial charge in [-0.15, -0.1) is 0 Å². The Labute approximate surface area is 166 Å². The zero-order valence-electron chi connectivity index (χ0n) is 15.6. The summed E-state index contributed by atoms with van der Waals surface area (Å²) >= 11 is 5.36. The second-order valence-electron chi connectivity index (χ2n) is 6.89. The van der Waals surface area contributed by atoms with Gasteiger partial charge in [-0.2, -0.15) is 0 Å². The lowest BCUT2D eigenvalue weighted by atomic mass is 9.98. The van der Waals surface area contributed by atoms with E-state index in [0.29, 0.717) is 11.5 Å². The number of rotatable bonds is 8. The summed E-state index contributed by atoms with van der Waals surface area (Å²) in [4.78, 5) is 0.491. The van der Waals surface area contributed by atoms with Crippen LogP contribution in [0.3, 0.4) is 0 Å². The Hall–Kier alpha value is -1.76. The highest BCUT2D eigenvalue weighted by atomic mass is 32.2. The van der Waals surface area contributed by atoms with E-state index in [1.165, 1.54) is 5.56 Å². The van der Waals surface area contributed by atoms with Crippen LogP contribution in [0.25, 0.3) is 0 Å². The van der Waals surface area contributed by atoms with Crippen molar-refractivity contribution >= 4 is 27.0 Å². The van der Waals surface area contributed by atoms with Crippen molar-refractivity contribution in [3.05, 3.63) is 65.7 Å². The first-order valence-corrected chi connectivity index (χ1v) is 11.1. The minimum atomic E-state index is -3.61. The van der Waals surface area contributed by atoms with Crippen LogP contribution in [0.15, 0.2) is 59.5 Å². The Morgan fingerprint density at radius 2 is 1.74 bits per heavy atom. The summed E-state index contributed by atoms with van der Waals surface area (Å²) in [7, 11) is -3.61. The molecule has 0 unspecified atom stereocenters. The Kier molecular flexibility index (Phi) is 5.70. The molecule has 1 aliphatic carbocycles. The molecule has 1 fully saturated rings. The lowest BCUT2D eigenvalue weighted by Gasteiger charge is -2.17. The first-order valence-electron chi connectivity index (χ1n) is 9.15. The van der Waals surface area contributed by atoms with Crippen molar-refractivity contribution in [2.24, 2.45) is 11.1 Å². The van der Waals surface area contributed by atoms with Crippen LogP contribution in [-0.2, 0) is 21.0 Å². The van der Waals surface area contributed by atoms with Crippen LogP contribution in [0, 0.1) is 5.41 Å². The zero-order chi connectivity index (χ0) is 19.7. The van der Waals surface area contributed by atoms with Crippen molar-refractivity contribution in [2.45, 2.75) is 36.3 Å². The van der Waals surface area contributed by atoms with Gasteiger partial charge in [0.1, 0.15) is 0 Å². The summed E-state index contributed by atoms with van der Waals surface area (Å²) < 4.78 is 32.5. The number of aryl methyl sites for hydroxylation is 1. The molecule has 0 amide bonds. The molecule has 0 saturated heterocycles. The summed E-state index contributed by atoms with van der Waals surface area (Å²) in [6, 6.07) is 16.5. The Morgan fingerprint density at radius 1 is 1.11 bits per heavy atom. The fourth-order valence-corrected chi connectivity index (χ4v) is 6.65. The van der Waals surface area contributed by atoms with Crippen LogP contribution in [0.1, 0.15) is 30.9 Å². The van der Waals surface area contributed by atoms with Gasteiger partial charge >= 0.3 is 0 Å². The molecule has 1 aliphatic rings. The van der Waals surface area contributed by atoms with Crippen molar-refractivity contribution in [2.75, 3.05) is 13.2 Å². The fraction of sp³-hybridized carbons (Fsp3) is 0.381. The minimum absolute atomic E-state index is 0.199. The monoisotopic (exact) mass is 403 g/mol. The SMILES string of the molecule is CCOC[C@]1(C(N)=S)[C@@H](c2ccc(CC)cc2)[C@@H]1S(=O)(=O)c1ccccc1. The molecular formula is C21H25NO3S2. The van der Waals surface area contributed by atoms with E-state index in [2.05, 4.69) is 6.92 Å². The highest BCUT2D eigenvalue weighted by molar-refractivity contribution is 7.92. The van der Waals surface area contributed by atoms with Crippen LogP contribution in [0.5, 0.6) is 0 Å². The van der Waals surface area contributed by atoms with Gasteiger partial charge in [0.25, 0.3) is 0 Å². The Bertz CT molecular complexity index is 910. The molecule has 2 aromatic rings. The van der Waals surface area contributed by atoms with Crippen molar-refractivity contribution in [3.63, 3.8) is 0 Å². The van der Waals surface area contributed by atoms with Gasteiger partial charge in [-0.3, -0.25) is 0 Å². The lowest BCUT2D eigenvalue weighted by Crippen LogP contribution is -2.33. The van der Waals surface area contributed by atoms with Crippen molar-refractivity contribution in [1.29, 1.82) is 0 Å². The third kappa shape index (κ3) is 3.42. The van der Waals surface area contributed by atoms with E-state index in [1.807, 2.05) is 31.2 Å². The van der Waals surface area contributed by atoms with Gasteiger partial charge < -0.3 is 10.5 Å². The third-order valence-corrected chi connectivity index (χ3v) is 8.08. The Morgan fingerprint density at radius 3 is 2.26 bits per heavy atom. The predicted octanol–water partition coefficient (Wildman–Crippen LogP) is 3.50. The summed E-state index contributed by atoms with van der Waals surface area (Å²) in [5, 5.41) is -0.719. The molecular weight excluding hydrogens is 378 g/mol.